The highest BCUT2D eigenvalue weighted by molar-refractivity contribution is 8.00. The van der Waals surface area contributed by atoms with Gasteiger partial charge >= 0.3 is 6.03 Å². The number of hydrogen-bond acceptors (Lipinski definition) is 6. The highest BCUT2D eigenvalue weighted by Gasteiger charge is 2.21. The van der Waals surface area contributed by atoms with Gasteiger partial charge in [-0.3, -0.25) is 14.7 Å². The second-order valence-electron chi connectivity index (χ2n) is 6.78. The molecule has 0 fully saturated rings. The number of aromatic nitrogens is 3. The molecule has 0 saturated heterocycles. The molecule has 1 aromatic carbocycles. The van der Waals surface area contributed by atoms with Gasteiger partial charge in [-0.2, -0.15) is 0 Å². The van der Waals surface area contributed by atoms with Crippen LogP contribution < -0.4 is 15.4 Å². The quantitative estimate of drug-likeness (QED) is 0.481. The van der Waals surface area contributed by atoms with Gasteiger partial charge in [-0.1, -0.05) is 30.0 Å². The van der Waals surface area contributed by atoms with Crippen LogP contribution in [-0.4, -0.2) is 38.0 Å². The first kappa shape index (κ1) is 22.5. The summed E-state index contributed by atoms with van der Waals surface area (Å²) in [5, 5.41) is 13.3. The fourth-order valence-corrected chi connectivity index (χ4v) is 3.28. The summed E-state index contributed by atoms with van der Waals surface area (Å²) in [5.74, 6) is 0.967. The van der Waals surface area contributed by atoms with Crippen LogP contribution in [0.5, 0.6) is 5.75 Å². The highest BCUT2D eigenvalue weighted by Crippen LogP contribution is 2.23. The van der Waals surface area contributed by atoms with E-state index in [1.807, 2.05) is 49.6 Å². The van der Waals surface area contributed by atoms with Crippen molar-refractivity contribution in [2.75, 3.05) is 0 Å². The summed E-state index contributed by atoms with van der Waals surface area (Å²) in [6.45, 7) is 11.8. The van der Waals surface area contributed by atoms with E-state index >= 15 is 0 Å². The van der Waals surface area contributed by atoms with E-state index in [9.17, 15) is 9.59 Å². The van der Waals surface area contributed by atoms with Gasteiger partial charge in [0, 0.05) is 12.6 Å². The van der Waals surface area contributed by atoms with E-state index < -0.39 is 17.2 Å². The Morgan fingerprint density at radius 3 is 2.72 bits per heavy atom. The predicted octanol–water partition coefficient (Wildman–Crippen LogP) is 3.07. The number of ether oxygens (including phenoxy) is 1. The number of rotatable bonds is 9. The maximum Gasteiger partial charge on any atom is 0.321 e. The summed E-state index contributed by atoms with van der Waals surface area (Å²) >= 11 is 1.22. The molecule has 0 bridgehead atoms. The third-order valence-electron chi connectivity index (χ3n) is 3.77. The van der Waals surface area contributed by atoms with E-state index in [-0.39, 0.29) is 12.6 Å². The van der Waals surface area contributed by atoms with E-state index in [0.29, 0.717) is 17.5 Å². The smallest absolute Gasteiger partial charge is 0.321 e. The van der Waals surface area contributed by atoms with Crippen LogP contribution >= 0.6 is 11.8 Å². The molecule has 0 aliphatic rings. The number of aryl methyl sites for hydroxylation is 1. The Balaban J connectivity index is 2.04. The average molecular weight is 418 g/mol. The Morgan fingerprint density at radius 1 is 1.31 bits per heavy atom. The fourth-order valence-electron chi connectivity index (χ4n) is 2.40. The lowest BCUT2D eigenvalue weighted by Gasteiger charge is -2.14. The molecule has 0 unspecified atom stereocenters. The molecule has 0 saturated carbocycles. The van der Waals surface area contributed by atoms with Crippen LogP contribution in [0.3, 0.4) is 0 Å². The van der Waals surface area contributed by atoms with Crippen molar-refractivity contribution in [1.29, 1.82) is 0 Å². The van der Waals surface area contributed by atoms with Gasteiger partial charge in [-0.25, -0.2) is 4.79 Å². The molecule has 0 spiro atoms. The topological polar surface area (TPSA) is 98.1 Å². The van der Waals surface area contributed by atoms with E-state index in [4.69, 9.17) is 4.74 Å². The average Bonchev–Trinajstić information content (AvgIpc) is 3.01. The van der Waals surface area contributed by atoms with Gasteiger partial charge < -0.3 is 10.1 Å². The molecule has 29 heavy (non-hydrogen) atoms. The number of carbonyl (C=O) groups is 2. The molecule has 2 N–H and O–H groups in total. The minimum absolute atomic E-state index is 0.0580. The van der Waals surface area contributed by atoms with Gasteiger partial charge in [0.25, 0.3) is 0 Å². The molecule has 1 atom stereocenters. The monoisotopic (exact) mass is 417 g/mol. The number of urea groups is 1. The summed E-state index contributed by atoms with van der Waals surface area (Å²) in [6.07, 6.45) is 1.73. The van der Waals surface area contributed by atoms with Gasteiger partial charge in [0.05, 0.1) is 5.25 Å². The van der Waals surface area contributed by atoms with Crippen molar-refractivity contribution in [3.63, 3.8) is 0 Å². The molecule has 3 amide bonds. The lowest BCUT2D eigenvalue weighted by molar-refractivity contribution is -0.119. The molecule has 1 aromatic heterocycles. The summed E-state index contributed by atoms with van der Waals surface area (Å²) in [5.41, 5.74) is 1.10. The predicted molar refractivity (Wildman–Crippen MR) is 113 cm³/mol. The number of carbonyl (C=O) groups excluding carboxylic acids is 2. The number of nitrogens with one attached hydrogen (secondary N) is 2. The molecular formula is C20H27N5O3S. The summed E-state index contributed by atoms with van der Waals surface area (Å²) < 4.78 is 7.65. The molecule has 8 nitrogen and oxygen atoms in total. The Morgan fingerprint density at radius 2 is 2.07 bits per heavy atom. The Bertz CT molecular complexity index is 866. The van der Waals surface area contributed by atoms with Crippen molar-refractivity contribution in [3.05, 3.63) is 48.3 Å². The van der Waals surface area contributed by atoms with Crippen molar-refractivity contribution in [1.82, 2.24) is 25.4 Å². The lowest BCUT2D eigenvalue weighted by Crippen LogP contribution is -2.45. The molecule has 0 radical (unpaired) electrons. The van der Waals surface area contributed by atoms with Crippen LogP contribution in [0.1, 0.15) is 32.2 Å². The first-order valence-corrected chi connectivity index (χ1v) is 10.2. The second kappa shape index (κ2) is 10.7. The molecule has 0 aliphatic carbocycles. The van der Waals surface area contributed by atoms with Crippen LogP contribution in [0.2, 0.25) is 0 Å². The summed E-state index contributed by atoms with van der Waals surface area (Å²) in [7, 11) is 0. The normalized spacial score (nSPS) is 11.8. The van der Waals surface area contributed by atoms with Crippen molar-refractivity contribution in [2.24, 2.45) is 0 Å². The molecule has 1 heterocycles. The Labute approximate surface area is 175 Å². The molecule has 0 aliphatic heterocycles. The van der Waals surface area contributed by atoms with Crippen LogP contribution in [0.15, 0.2) is 42.1 Å². The van der Waals surface area contributed by atoms with Gasteiger partial charge in [0.1, 0.15) is 12.4 Å². The van der Waals surface area contributed by atoms with E-state index in [1.165, 1.54) is 11.8 Å². The third kappa shape index (κ3) is 6.94. The highest BCUT2D eigenvalue weighted by atomic mass is 32.2. The maximum absolute atomic E-state index is 12.3. The van der Waals surface area contributed by atoms with E-state index in [0.717, 1.165) is 11.3 Å². The first-order valence-electron chi connectivity index (χ1n) is 9.30. The number of hydrogen-bond donors (Lipinski definition) is 2. The second-order valence-corrected chi connectivity index (χ2v) is 8.09. The number of allylic oxidation sites excluding steroid dienone is 1. The van der Waals surface area contributed by atoms with E-state index in [1.54, 1.807) is 13.0 Å². The van der Waals surface area contributed by atoms with Crippen molar-refractivity contribution < 1.29 is 14.3 Å². The number of amides is 3. The Kier molecular flexibility index (Phi) is 8.26. The summed E-state index contributed by atoms with van der Waals surface area (Å²) in [4.78, 5) is 24.0. The number of benzene rings is 1. The van der Waals surface area contributed by atoms with Crippen LogP contribution in [0, 0.1) is 6.92 Å². The van der Waals surface area contributed by atoms with Crippen LogP contribution in [0.25, 0.3) is 0 Å². The largest absolute Gasteiger partial charge is 0.486 e. The van der Waals surface area contributed by atoms with E-state index in [2.05, 4.69) is 27.4 Å². The van der Waals surface area contributed by atoms with Gasteiger partial charge in [0.15, 0.2) is 11.0 Å². The minimum Gasteiger partial charge on any atom is -0.486 e. The molecule has 9 heteroatoms. The van der Waals surface area contributed by atoms with Crippen molar-refractivity contribution in [2.45, 2.75) is 57.3 Å². The van der Waals surface area contributed by atoms with Crippen LogP contribution in [-0.2, 0) is 17.9 Å². The zero-order valence-electron chi connectivity index (χ0n) is 17.1. The Hall–Kier alpha value is -2.81. The lowest BCUT2D eigenvalue weighted by atomic mass is 10.2. The third-order valence-corrected chi connectivity index (χ3v) is 4.85. The number of imide groups is 1. The SMILES string of the molecule is C=CCn1c(COc2cccc(C)c2)nnc1S[C@H](C)C(=O)NC(=O)NC(C)C. The number of thioether (sulfide) groups is 1. The molecule has 2 rings (SSSR count). The summed E-state index contributed by atoms with van der Waals surface area (Å²) in [6, 6.07) is 7.17. The van der Waals surface area contributed by atoms with Crippen molar-refractivity contribution >= 4 is 23.7 Å². The molecule has 2 aromatic rings. The van der Waals surface area contributed by atoms with Crippen LogP contribution in [0.4, 0.5) is 4.79 Å². The maximum atomic E-state index is 12.3. The zero-order chi connectivity index (χ0) is 21.4. The standard InChI is InChI=1S/C20H27N5O3S/c1-6-10-25-17(12-28-16-9-7-8-14(4)11-16)23-24-20(25)29-15(5)18(26)22-19(27)21-13(2)3/h6-9,11,13,15H,1,10,12H2,2-5H3,(H2,21,22,26,27)/t15-/m1/s1. The number of nitrogens with zero attached hydrogens (tertiary/aromatic N) is 3. The fraction of sp³-hybridized carbons (Fsp3) is 0.400. The zero-order valence-corrected chi connectivity index (χ0v) is 18.0. The van der Waals surface area contributed by atoms with Gasteiger partial charge in [-0.05, 0) is 45.4 Å². The van der Waals surface area contributed by atoms with Gasteiger partial charge in [-0.15, -0.1) is 16.8 Å². The minimum atomic E-state index is -0.536. The molecular weight excluding hydrogens is 390 g/mol. The molecule has 156 valence electrons. The van der Waals surface area contributed by atoms with Crippen molar-refractivity contribution in [3.8, 4) is 5.75 Å². The first-order chi connectivity index (χ1) is 13.8. The van der Waals surface area contributed by atoms with Gasteiger partial charge in [0.2, 0.25) is 5.91 Å².